The summed E-state index contributed by atoms with van der Waals surface area (Å²) in [5.74, 6) is -2.45. The van der Waals surface area contributed by atoms with Crippen molar-refractivity contribution in [3.63, 3.8) is 0 Å². The van der Waals surface area contributed by atoms with Crippen LogP contribution in [0.4, 0.5) is 0 Å². The predicted octanol–water partition coefficient (Wildman–Crippen LogP) is 3.66. The van der Waals surface area contributed by atoms with Gasteiger partial charge >= 0.3 is 5.97 Å². The second kappa shape index (κ2) is 9.94. The molecule has 0 spiro atoms. The first kappa shape index (κ1) is 24.5. The molecule has 7 nitrogen and oxygen atoms in total. The van der Waals surface area contributed by atoms with Crippen molar-refractivity contribution in [1.29, 1.82) is 0 Å². The number of ketones is 1. The number of likely N-dealkylation sites (N-methyl/N-ethyl adjacent to an activating group) is 1. The molecule has 0 radical (unpaired) electrons. The number of rotatable bonds is 8. The van der Waals surface area contributed by atoms with Gasteiger partial charge < -0.3 is 19.6 Å². The van der Waals surface area contributed by atoms with E-state index in [0.717, 1.165) is 17.5 Å². The van der Waals surface area contributed by atoms with Crippen molar-refractivity contribution in [3.05, 3.63) is 83.2 Å². The van der Waals surface area contributed by atoms with E-state index >= 15 is 0 Å². The van der Waals surface area contributed by atoms with E-state index in [1.807, 2.05) is 67.6 Å². The van der Waals surface area contributed by atoms with Gasteiger partial charge in [-0.2, -0.15) is 0 Å². The molecule has 1 fully saturated rings. The predicted molar refractivity (Wildman–Crippen MR) is 131 cm³/mol. The van der Waals surface area contributed by atoms with E-state index in [-0.39, 0.29) is 42.5 Å². The third-order valence-electron chi connectivity index (χ3n) is 7.09. The van der Waals surface area contributed by atoms with Gasteiger partial charge in [0.15, 0.2) is 5.76 Å². The number of Topliss-reactive ketones (excluding diaryl/α,β-unsaturated/α-hetero) is 1. The summed E-state index contributed by atoms with van der Waals surface area (Å²) in [6.07, 6.45) is 1.55. The van der Waals surface area contributed by atoms with E-state index in [1.165, 1.54) is 6.92 Å². The zero-order valence-electron chi connectivity index (χ0n) is 20.4. The molecule has 2 aromatic rings. The van der Waals surface area contributed by atoms with Gasteiger partial charge in [0.2, 0.25) is 5.78 Å². The van der Waals surface area contributed by atoms with Crippen molar-refractivity contribution < 1.29 is 24.2 Å². The van der Waals surface area contributed by atoms with Crippen LogP contribution >= 0.6 is 0 Å². The zero-order valence-corrected chi connectivity index (χ0v) is 20.4. The molecular formula is C28H32N2O5. The Hall–Kier alpha value is -3.61. The van der Waals surface area contributed by atoms with Gasteiger partial charge in [0, 0.05) is 26.1 Å². The van der Waals surface area contributed by atoms with Crippen LogP contribution in [0.2, 0.25) is 0 Å². The Balaban J connectivity index is 1.80. The number of carbonyl (C=O) groups excluding carboxylic acids is 2. The van der Waals surface area contributed by atoms with E-state index in [2.05, 4.69) is 0 Å². The number of fused-ring (bicyclic) bond motifs is 1. The second-order valence-electron chi connectivity index (χ2n) is 9.51. The third-order valence-corrected chi connectivity index (χ3v) is 7.09. The van der Waals surface area contributed by atoms with E-state index in [9.17, 15) is 19.5 Å². The molecule has 0 saturated carbocycles. The highest BCUT2D eigenvalue weighted by atomic mass is 16.5. The summed E-state index contributed by atoms with van der Waals surface area (Å²) in [5, 5.41) is 9.98. The third kappa shape index (κ3) is 4.43. The van der Waals surface area contributed by atoms with Gasteiger partial charge in [-0.1, -0.05) is 74.0 Å². The van der Waals surface area contributed by atoms with E-state index in [4.69, 9.17) is 4.74 Å². The minimum atomic E-state index is -1.69. The van der Waals surface area contributed by atoms with Gasteiger partial charge in [0.05, 0.1) is 12.6 Å². The van der Waals surface area contributed by atoms with Crippen LogP contribution in [-0.4, -0.2) is 65.4 Å². The van der Waals surface area contributed by atoms with E-state index in [0.29, 0.717) is 13.0 Å². The Morgan fingerprint density at radius 3 is 2.17 bits per heavy atom. The first-order valence-electron chi connectivity index (χ1n) is 12.1. The molecule has 1 N–H and O–H groups in total. The van der Waals surface area contributed by atoms with Gasteiger partial charge in [-0.05, 0) is 24.5 Å². The van der Waals surface area contributed by atoms with Crippen LogP contribution in [0.15, 0.2) is 72.1 Å². The van der Waals surface area contributed by atoms with Gasteiger partial charge in [-0.25, -0.2) is 0 Å². The summed E-state index contributed by atoms with van der Waals surface area (Å²) >= 11 is 0. The number of carbonyl (C=O) groups is 3. The Morgan fingerprint density at radius 1 is 1.09 bits per heavy atom. The molecule has 2 aliphatic rings. The minimum absolute atomic E-state index is 0.0798. The molecule has 0 aliphatic carbocycles. The Bertz CT molecular complexity index is 1090. The first-order chi connectivity index (χ1) is 16.8. The highest BCUT2D eigenvalue weighted by molar-refractivity contribution is 6.15. The maximum Gasteiger partial charge on any atom is 0.319 e. The molecule has 2 aliphatic heterocycles. The largest absolute Gasteiger partial charge is 0.488 e. The second-order valence-corrected chi connectivity index (χ2v) is 9.51. The standard InChI is InChI=1S/C28H32N2O5/c1-4-5-16-35-24-23-26(32)29(3)21(17-30(23)18-28(2,25(24)31)27(33)34)22(19-12-8-6-9-13-19)20-14-10-7-11-15-20/h6-15,21-22H,4-5,16-18H2,1-3H3,(H,33,34)/t21-,28?/m0/s1. The Kier molecular flexibility index (Phi) is 6.96. The maximum atomic E-state index is 13.8. The molecule has 2 aromatic carbocycles. The lowest BCUT2D eigenvalue weighted by Crippen LogP contribution is -2.62. The topological polar surface area (TPSA) is 87.2 Å². The van der Waals surface area contributed by atoms with Crippen LogP contribution < -0.4 is 0 Å². The molecule has 2 heterocycles. The highest BCUT2D eigenvalue weighted by Gasteiger charge is 2.54. The normalized spacial score (nSPS) is 22.5. The number of amides is 1. The number of ether oxygens (including phenoxy) is 1. The lowest BCUT2D eigenvalue weighted by atomic mass is 9.78. The average Bonchev–Trinajstić information content (AvgIpc) is 2.86. The van der Waals surface area contributed by atoms with Crippen molar-refractivity contribution in [2.45, 2.75) is 38.6 Å². The van der Waals surface area contributed by atoms with Crippen molar-refractivity contribution in [2.75, 3.05) is 26.7 Å². The van der Waals surface area contributed by atoms with Gasteiger partial charge in [0.25, 0.3) is 5.91 Å². The number of nitrogens with zero attached hydrogens (tertiary/aromatic N) is 2. The summed E-state index contributed by atoms with van der Waals surface area (Å²) in [4.78, 5) is 42.7. The van der Waals surface area contributed by atoms with Crippen LogP contribution in [0, 0.1) is 5.41 Å². The number of unbranched alkanes of at least 4 members (excludes halogenated alkanes) is 1. The fourth-order valence-corrected chi connectivity index (χ4v) is 4.99. The summed E-state index contributed by atoms with van der Waals surface area (Å²) in [6, 6.07) is 19.7. The van der Waals surface area contributed by atoms with Crippen LogP contribution in [0.1, 0.15) is 43.7 Å². The van der Waals surface area contributed by atoms with Crippen LogP contribution in [0.5, 0.6) is 0 Å². The molecule has 1 amide bonds. The lowest BCUT2D eigenvalue weighted by Gasteiger charge is -2.49. The molecule has 0 aromatic heterocycles. The first-order valence-corrected chi connectivity index (χ1v) is 12.1. The SMILES string of the molecule is CCCCOC1=C2C(=O)N(C)[C@H](C(c3ccccc3)c3ccccc3)CN2CC(C)(C(=O)O)C1=O. The number of piperazine rings is 1. The molecule has 0 bridgehead atoms. The summed E-state index contributed by atoms with van der Waals surface area (Å²) in [7, 11) is 1.75. The average molecular weight is 477 g/mol. The van der Waals surface area contributed by atoms with Crippen LogP contribution in [-0.2, 0) is 19.1 Å². The minimum Gasteiger partial charge on any atom is -0.488 e. The molecular weight excluding hydrogens is 444 g/mol. The zero-order chi connectivity index (χ0) is 25.2. The quantitative estimate of drug-likeness (QED) is 0.462. The van der Waals surface area contributed by atoms with E-state index < -0.39 is 17.2 Å². The lowest BCUT2D eigenvalue weighted by molar-refractivity contribution is -0.158. The molecule has 4 rings (SSSR count). The molecule has 35 heavy (non-hydrogen) atoms. The summed E-state index contributed by atoms with van der Waals surface area (Å²) in [5.41, 5.74) is 0.595. The van der Waals surface area contributed by atoms with Gasteiger partial charge in [-0.15, -0.1) is 0 Å². The van der Waals surface area contributed by atoms with Gasteiger partial charge in [0.1, 0.15) is 11.1 Å². The molecule has 1 unspecified atom stereocenters. The van der Waals surface area contributed by atoms with Crippen LogP contribution in [0.25, 0.3) is 0 Å². The molecule has 7 heteroatoms. The number of carboxylic acid groups (broad SMARTS) is 1. The molecule has 184 valence electrons. The van der Waals surface area contributed by atoms with Crippen molar-refractivity contribution in [3.8, 4) is 0 Å². The van der Waals surface area contributed by atoms with Crippen molar-refractivity contribution in [2.24, 2.45) is 5.41 Å². The summed E-state index contributed by atoms with van der Waals surface area (Å²) in [6.45, 7) is 3.96. The fraction of sp³-hybridized carbons (Fsp3) is 0.393. The number of carboxylic acids is 1. The smallest absolute Gasteiger partial charge is 0.319 e. The number of aliphatic carboxylic acids is 1. The number of benzene rings is 2. The number of hydrogen-bond donors (Lipinski definition) is 1. The molecule has 2 atom stereocenters. The maximum absolute atomic E-state index is 13.8. The highest BCUT2D eigenvalue weighted by Crippen LogP contribution is 2.40. The Morgan fingerprint density at radius 2 is 1.66 bits per heavy atom. The Labute approximate surface area is 206 Å². The summed E-state index contributed by atoms with van der Waals surface area (Å²) < 4.78 is 5.81. The number of allylic oxidation sites excluding steroid dienone is 1. The van der Waals surface area contributed by atoms with Crippen LogP contribution in [0.3, 0.4) is 0 Å². The van der Waals surface area contributed by atoms with E-state index in [1.54, 1.807) is 16.8 Å². The monoisotopic (exact) mass is 476 g/mol. The van der Waals surface area contributed by atoms with Crippen molar-refractivity contribution in [1.82, 2.24) is 9.80 Å². The molecule has 1 saturated heterocycles. The fourth-order valence-electron chi connectivity index (χ4n) is 4.99. The number of hydrogen-bond acceptors (Lipinski definition) is 5. The van der Waals surface area contributed by atoms with Gasteiger partial charge in [-0.3, -0.25) is 14.4 Å². The van der Waals surface area contributed by atoms with Crippen molar-refractivity contribution >= 4 is 17.7 Å².